The van der Waals surface area contributed by atoms with Gasteiger partial charge in [-0.15, -0.1) is 0 Å². The lowest BCUT2D eigenvalue weighted by Crippen LogP contribution is -2.66. The van der Waals surface area contributed by atoms with Crippen molar-refractivity contribution >= 4 is 21.8 Å². The molecule has 1 heterocycles. The molecule has 164 valence electrons. The van der Waals surface area contributed by atoms with Crippen molar-refractivity contribution in [3.8, 4) is 0 Å². The Morgan fingerprint density at radius 3 is 1.61 bits per heavy atom. The molecule has 17 heteroatoms. The van der Waals surface area contributed by atoms with Gasteiger partial charge in [-0.25, -0.2) is 8.42 Å². The number of rotatable bonds is 4. The molecule has 1 N–H and O–H groups in total. The maximum absolute atomic E-state index is 13.7. The molecule has 0 aromatic rings. The first-order valence-corrected chi connectivity index (χ1v) is 8.51. The van der Waals surface area contributed by atoms with E-state index in [4.69, 9.17) is 0 Å². The quantitative estimate of drug-likeness (QED) is 0.500. The van der Waals surface area contributed by atoms with E-state index in [1.165, 1.54) is 0 Å². The molecule has 0 saturated carbocycles. The predicted molar refractivity (Wildman–Crippen MR) is 72.0 cm³/mol. The van der Waals surface area contributed by atoms with Crippen LogP contribution >= 0.6 is 0 Å². The smallest absolute Gasteiger partial charge is 0.351 e. The summed E-state index contributed by atoms with van der Waals surface area (Å²) in [6.07, 6.45) is -7.16. The van der Waals surface area contributed by atoms with Gasteiger partial charge in [0.1, 0.15) is 0 Å². The number of alkyl halides is 9. The third-order valence-corrected chi connectivity index (χ3v) is 5.68. The van der Waals surface area contributed by atoms with Crippen LogP contribution in [0.1, 0.15) is 0 Å². The van der Waals surface area contributed by atoms with Crippen LogP contribution in [0.15, 0.2) is 0 Å². The minimum atomic E-state index is -7.35. The van der Waals surface area contributed by atoms with Crippen LogP contribution in [-0.4, -0.2) is 85.9 Å². The highest BCUT2D eigenvalue weighted by atomic mass is 32.2. The van der Waals surface area contributed by atoms with Crippen LogP contribution in [0.3, 0.4) is 0 Å². The van der Waals surface area contributed by atoms with Crippen molar-refractivity contribution in [1.82, 2.24) is 14.5 Å². The Hall–Kier alpha value is -1.78. The normalized spacial score (nSPS) is 18.1. The number of nitrogens with one attached hydrogen (secondary N) is 1. The van der Waals surface area contributed by atoms with Crippen molar-refractivity contribution in [2.45, 2.75) is 23.3 Å². The summed E-state index contributed by atoms with van der Waals surface area (Å²) < 4.78 is 139. The zero-order chi connectivity index (χ0) is 22.3. The fourth-order valence-electron chi connectivity index (χ4n) is 2.07. The van der Waals surface area contributed by atoms with E-state index in [9.17, 15) is 57.5 Å². The molecule has 0 spiro atoms. The average molecular weight is 453 g/mol. The molecule has 0 atom stereocenters. The molecule has 1 aliphatic heterocycles. The maximum atomic E-state index is 13.7. The molecule has 0 unspecified atom stereocenters. The Bertz CT molecular complexity index is 730. The lowest BCUT2D eigenvalue weighted by molar-refractivity contribution is -0.382. The van der Waals surface area contributed by atoms with Gasteiger partial charge in [0.15, 0.2) is 0 Å². The first-order chi connectivity index (χ1) is 12.4. The first-order valence-electron chi connectivity index (χ1n) is 7.07. The molecule has 2 amide bonds. The fourth-order valence-corrected chi connectivity index (χ4v) is 3.49. The van der Waals surface area contributed by atoms with E-state index in [2.05, 4.69) is 0 Å². The molecular weight excluding hydrogens is 441 g/mol. The SMILES string of the molecule is CNC(=O)C(=O)N1CCN(S(=O)(=O)C(F)(F)C(F)(F)C(F)(F)C(F)(F)F)CC1. The first kappa shape index (κ1) is 24.3. The summed E-state index contributed by atoms with van der Waals surface area (Å²) in [7, 11) is -5.65. The monoisotopic (exact) mass is 453 g/mol. The van der Waals surface area contributed by atoms with Gasteiger partial charge in [-0.05, 0) is 0 Å². The van der Waals surface area contributed by atoms with Crippen molar-refractivity contribution in [2.24, 2.45) is 0 Å². The van der Waals surface area contributed by atoms with Gasteiger partial charge in [0.2, 0.25) is 0 Å². The number of hydrogen-bond acceptors (Lipinski definition) is 4. The molecule has 0 bridgehead atoms. The Morgan fingerprint density at radius 1 is 0.821 bits per heavy atom. The minimum Gasteiger partial charge on any atom is -0.351 e. The molecule has 1 rings (SSSR count). The number of nitrogens with zero attached hydrogens (tertiary/aromatic N) is 2. The zero-order valence-corrected chi connectivity index (χ0v) is 14.5. The molecule has 0 aromatic carbocycles. The summed E-state index contributed by atoms with van der Waals surface area (Å²) in [5, 5.41) is -4.92. The van der Waals surface area contributed by atoms with E-state index in [0.717, 1.165) is 7.05 Å². The van der Waals surface area contributed by atoms with Crippen LogP contribution in [0.25, 0.3) is 0 Å². The average Bonchev–Trinajstić information content (AvgIpc) is 2.58. The standard InChI is InChI=1S/C11H12F9N3O4S/c1-21-6(24)7(25)22-2-4-23(5-3-22)28(26,27)11(19,20)9(14,15)8(12,13)10(16,17)18/h2-5H2,1H3,(H,21,24). The van der Waals surface area contributed by atoms with E-state index in [0.29, 0.717) is 4.90 Å². The molecule has 7 nitrogen and oxygen atoms in total. The number of carbonyl (C=O) groups excluding carboxylic acids is 2. The second-order valence-corrected chi connectivity index (χ2v) is 7.42. The van der Waals surface area contributed by atoms with Gasteiger partial charge < -0.3 is 10.2 Å². The van der Waals surface area contributed by atoms with Crippen molar-refractivity contribution in [3.63, 3.8) is 0 Å². The van der Waals surface area contributed by atoms with Crippen LogP contribution < -0.4 is 5.32 Å². The van der Waals surface area contributed by atoms with Crippen molar-refractivity contribution < 1.29 is 57.5 Å². The molecule has 28 heavy (non-hydrogen) atoms. The highest BCUT2D eigenvalue weighted by Gasteiger charge is 2.85. The maximum Gasteiger partial charge on any atom is 0.460 e. The zero-order valence-electron chi connectivity index (χ0n) is 13.7. The Balaban J connectivity index is 3.13. The summed E-state index contributed by atoms with van der Waals surface area (Å²) in [4.78, 5) is 23.3. The Kier molecular flexibility index (Phi) is 6.27. The van der Waals surface area contributed by atoms with Crippen LogP contribution in [0.5, 0.6) is 0 Å². The number of piperazine rings is 1. The van der Waals surface area contributed by atoms with Gasteiger partial charge >= 0.3 is 35.1 Å². The van der Waals surface area contributed by atoms with E-state index in [1.54, 1.807) is 0 Å². The lowest BCUT2D eigenvalue weighted by Gasteiger charge is -2.38. The second-order valence-electron chi connectivity index (χ2n) is 5.44. The van der Waals surface area contributed by atoms with E-state index < -0.39 is 75.6 Å². The van der Waals surface area contributed by atoms with Gasteiger partial charge in [-0.1, -0.05) is 0 Å². The second kappa shape index (κ2) is 7.23. The molecule has 1 fully saturated rings. The number of amides is 2. The van der Waals surface area contributed by atoms with Gasteiger partial charge in [0.05, 0.1) is 0 Å². The summed E-state index contributed by atoms with van der Waals surface area (Å²) >= 11 is 0. The summed E-state index contributed by atoms with van der Waals surface area (Å²) in [6.45, 7) is -3.84. The fraction of sp³-hybridized carbons (Fsp3) is 0.818. The van der Waals surface area contributed by atoms with Crippen molar-refractivity contribution in [3.05, 3.63) is 0 Å². The topological polar surface area (TPSA) is 86.8 Å². The third-order valence-electron chi connectivity index (χ3n) is 3.73. The third kappa shape index (κ3) is 3.60. The van der Waals surface area contributed by atoms with Gasteiger partial charge in [0, 0.05) is 33.2 Å². The van der Waals surface area contributed by atoms with Crippen LogP contribution in [-0.2, 0) is 19.6 Å². The highest BCUT2D eigenvalue weighted by Crippen LogP contribution is 2.55. The summed E-state index contributed by atoms with van der Waals surface area (Å²) in [5.41, 5.74) is 0. The molecule has 0 aliphatic carbocycles. The van der Waals surface area contributed by atoms with Crippen LogP contribution in [0.2, 0.25) is 0 Å². The minimum absolute atomic E-state index is 0.457. The molecule has 0 radical (unpaired) electrons. The van der Waals surface area contributed by atoms with Crippen molar-refractivity contribution in [2.75, 3.05) is 33.2 Å². The molecule has 0 aromatic heterocycles. The van der Waals surface area contributed by atoms with Gasteiger partial charge in [-0.2, -0.15) is 43.8 Å². The van der Waals surface area contributed by atoms with E-state index in [1.807, 2.05) is 5.32 Å². The van der Waals surface area contributed by atoms with Gasteiger partial charge in [-0.3, -0.25) is 9.59 Å². The Morgan fingerprint density at radius 2 is 1.25 bits per heavy atom. The molecular formula is C11H12F9N3O4S. The highest BCUT2D eigenvalue weighted by molar-refractivity contribution is 7.90. The Labute approximate surface area is 151 Å². The van der Waals surface area contributed by atoms with Crippen LogP contribution in [0.4, 0.5) is 39.5 Å². The molecule has 1 saturated heterocycles. The number of likely N-dealkylation sites (N-methyl/N-ethyl adjacent to an activating group) is 1. The van der Waals surface area contributed by atoms with E-state index >= 15 is 0 Å². The summed E-state index contributed by atoms with van der Waals surface area (Å²) in [5.74, 6) is -17.1. The number of sulfonamides is 1. The predicted octanol–water partition coefficient (Wildman–Crippen LogP) is 0.632. The lowest BCUT2D eigenvalue weighted by atomic mass is 10.1. The summed E-state index contributed by atoms with van der Waals surface area (Å²) in [6, 6.07) is 0. The van der Waals surface area contributed by atoms with E-state index in [-0.39, 0.29) is 0 Å². The molecule has 1 aliphatic rings. The number of hydrogen-bond donors (Lipinski definition) is 1. The number of halogens is 9. The number of carbonyl (C=O) groups is 2. The van der Waals surface area contributed by atoms with Crippen LogP contribution in [0, 0.1) is 0 Å². The van der Waals surface area contributed by atoms with Crippen molar-refractivity contribution in [1.29, 1.82) is 0 Å². The van der Waals surface area contributed by atoms with Gasteiger partial charge in [0.25, 0.3) is 10.0 Å². The largest absolute Gasteiger partial charge is 0.460 e.